The lowest BCUT2D eigenvalue weighted by Crippen LogP contribution is -2.67. The van der Waals surface area contributed by atoms with Crippen LogP contribution in [0.4, 0.5) is 0 Å². The first kappa shape index (κ1) is 33.9. The molecule has 0 amide bonds. The van der Waals surface area contributed by atoms with Gasteiger partial charge in [-0.25, -0.2) is 0 Å². The van der Waals surface area contributed by atoms with Gasteiger partial charge in [0, 0.05) is 33.4 Å². The Labute approximate surface area is 267 Å². The number of benzene rings is 2. The van der Waals surface area contributed by atoms with E-state index in [1.807, 2.05) is 60.7 Å². The number of fused-ring (bicyclic) bond motifs is 1. The number of rotatable bonds is 10. The molecule has 3 heterocycles. The Hall–Kier alpha value is -3.43. The van der Waals surface area contributed by atoms with Crippen molar-refractivity contribution < 1.29 is 61.8 Å². The van der Waals surface area contributed by atoms with Gasteiger partial charge in [0.1, 0.15) is 24.4 Å². The first-order valence-electron chi connectivity index (χ1n) is 15.1. The lowest BCUT2D eigenvalue weighted by Gasteiger charge is -2.50. The Morgan fingerprint density at radius 3 is 1.96 bits per heavy atom. The molecule has 46 heavy (non-hydrogen) atoms. The maximum absolute atomic E-state index is 12.3. The Morgan fingerprint density at radius 2 is 1.33 bits per heavy atom. The van der Waals surface area contributed by atoms with Gasteiger partial charge in [0.05, 0.1) is 19.3 Å². The molecule has 3 aliphatic rings. The van der Waals surface area contributed by atoms with Crippen LogP contribution in [0, 0.1) is 0 Å². The third-order valence-corrected chi connectivity index (χ3v) is 7.80. The minimum Gasteiger partial charge on any atom is -0.456 e. The number of carbonyl (C=O) groups excluding carboxylic acids is 3. The second-order valence-electron chi connectivity index (χ2n) is 11.2. The summed E-state index contributed by atoms with van der Waals surface area (Å²) >= 11 is 0. The van der Waals surface area contributed by atoms with Crippen molar-refractivity contribution in [2.45, 2.75) is 102 Å². The molecule has 3 fully saturated rings. The second-order valence-corrected chi connectivity index (χ2v) is 11.2. The highest BCUT2D eigenvalue weighted by Crippen LogP contribution is 2.39. The number of methoxy groups -OCH3 is 1. The van der Waals surface area contributed by atoms with Gasteiger partial charge in [-0.05, 0) is 12.5 Å². The molecule has 0 spiro atoms. The van der Waals surface area contributed by atoms with Crippen molar-refractivity contribution in [1.29, 1.82) is 0 Å². The van der Waals surface area contributed by atoms with Crippen molar-refractivity contribution in [3.8, 4) is 0 Å². The summed E-state index contributed by atoms with van der Waals surface area (Å²) in [6.45, 7) is 5.62. The summed E-state index contributed by atoms with van der Waals surface area (Å²) in [6.07, 6.45) is -10.6. The minimum absolute atomic E-state index is 0.188. The van der Waals surface area contributed by atoms with Crippen LogP contribution in [0.25, 0.3) is 0 Å². The van der Waals surface area contributed by atoms with Crippen LogP contribution in [0.1, 0.15) is 45.1 Å². The number of carbonyl (C=O) groups is 3. The fourth-order valence-electron chi connectivity index (χ4n) is 5.85. The highest BCUT2D eigenvalue weighted by Gasteiger charge is 2.56. The first-order chi connectivity index (χ1) is 22.1. The summed E-state index contributed by atoms with van der Waals surface area (Å²) in [5.74, 6) is -2.02. The standard InChI is InChI=1S/C33H40O13/c1-18-25(41-19(2)34)28(42-20(3)35)30(43-21(4)36)33(40-18)46-29-27(38-16-22-12-8-6-9-13-22)26-24(44-32(29)37-5)17-39-31(45-26)23-14-10-7-11-15-23/h6-15,18,24-33H,16-17H2,1-5H3/t18-,24+,25-,26+,27-,28+,29+,30+,31+,32-,33-/m0/s1. The molecule has 0 N–H and O–H groups in total. The summed E-state index contributed by atoms with van der Waals surface area (Å²) in [7, 11) is 1.46. The molecule has 0 radical (unpaired) electrons. The van der Waals surface area contributed by atoms with Crippen LogP contribution in [-0.4, -0.2) is 93.0 Å². The van der Waals surface area contributed by atoms with Gasteiger partial charge in [-0.15, -0.1) is 0 Å². The lowest BCUT2D eigenvalue weighted by molar-refractivity contribution is -0.394. The van der Waals surface area contributed by atoms with E-state index in [4.69, 9.17) is 47.4 Å². The molecular weight excluding hydrogens is 604 g/mol. The third kappa shape index (κ3) is 8.10. The molecule has 3 saturated heterocycles. The molecule has 3 aliphatic heterocycles. The molecule has 0 bridgehead atoms. The highest BCUT2D eigenvalue weighted by molar-refractivity contribution is 5.68. The number of hydrogen-bond donors (Lipinski definition) is 0. The fourth-order valence-corrected chi connectivity index (χ4v) is 5.85. The van der Waals surface area contributed by atoms with E-state index in [1.165, 1.54) is 27.9 Å². The molecule has 0 aromatic heterocycles. The Kier molecular flexibility index (Phi) is 11.4. The van der Waals surface area contributed by atoms with Gasteiger partial charge in [-0.3, -0.25) is 14.4 Å². The second kappa shape index (κ2) is 15.4. The predicted octanol–water partition coefficient (Wildman–Crippen LogP) is 2.98. The minimum atomic E-state index is -1.33. The van der Waals surface area contributed by atoms with Crippen molar-refractivity contribution in [3.63, 3.8) is 0 Å². The van der Waals surface area contributed by atoms with Gasteiger partial charge in [0.25, 0.3) is 0 Å². The van der Waals surface area contributed by atoms with E-state index >= 15 is 0 Å². The van der Waals surface area contributed by atoms with Gasteiger partial charge >= 0.3 is 17.9 Å². The van der Waals surface area contributed by atoms with E-state index in [9.17, 15) is 14.4 Å². The molecule has 0 unspecified atom stereocenters. The average molecular weight is 645 g/mol. The van der Waals surface area contributed by atoms with Crippen LogP contribution in [0.3, 0.4) is 0 Å². The van der Waals surface area contributed by atoms with Gasteiger partial charge in [-0.1, -0.05) is 60.7 Å². The van der Waals surface area contributed by atoms with E-state index in [0.717, 1.165) is 11.1 Å². The van der Waals surface area contributed by atoms with Crippen molar-refractivity contribution in [2.24, 2.45) is 0 Å². The Morgan fingerprint density at radius 1 is 0.717 bits per heavy atom. The zero-order valence-corrected chi connectivity index (χ0v) is 26.3. The molecule has 11 atom stereocenters. The van der Waals surface area contributed by atoms with E-state index in [-0.39, 0.29) is 13.2 Å². The smallest absolute Gasteiger partial charge is 0.303 e. The SMILES string of the molecule is CO[C@H]1O[C@@H]2CO[C@@H](c3ccccc3)O[C@H]2[C@H](OCc2ccccc2)[C@H]1O[C@@H]1O[C@@H](C)[C@H](OC(C)=O)[C@@H](OC(C)=O)[C@H]1OC(C)=O. The van der Waals surface area contributed by atoms with Crippen LogP contribution in [-0.2, 0) is 68.4 Å². The van der Waals surface area contributed by atoms with Crippen molar-refractivity contribution in [3.05, 3.63) is 71.8 Å². The molecular formula is C33H40O13. The number of hydrogen-bond acceptors (Lipinski definition) is 13. The first-order valence-corrected chi connectivity index (χ1v) is 15.1. The van der Waals surface area contributed by atoms with Crippen molar-refractivity contribution in [1.82, 2.24) is 0 Å². The van der Waals surface area contributed by atoms with Crippen LogP contribution in [0.2, 0.25) is 0 Å². The summed E-state index contributed by atoms with van der Waals surface area (Å²) in [5.41, 5.74) is 1.72. The van der Waals surface area contributed by atoms with E-state index < -0.39 is 85.6 Å². The average Bonchev–Trinajstić information content (AvgIpc) is 3.03. The molecule has 0 saturated carbocycles. The maximum atomic E-state index is 12.3. The normalized spacial score (nSPS) is 34.2. The van der Waals surface area contributed by atoms with Gasteiger partial charge in [0.15, 0.2) is 37.2 Å². The number of ether oxygens (including phenoxy) is 10. The summed E-state index contributed by atoms with van der Waals surface area (Å²) < 4.78 is 60.4. The fraction of sp³-hybridized carbons (Fsp3) is 0.545. The van der Waals surface area contributed by atoms with Gasteiger partial charge in [0.2, 0.25) is 0 Å². The molecule has 2 aromatic rings. The molecule has 0 aliphatic carbocycles. The highest BCUT2D eigenvalue weighted by atomic mass is 16.8. The predicted molar refractivity (Wildman–Crippen MR) is 157 cm³/mol. The summed E-state index contributed by atoms with van der Waals surface area (Å²) in [6, 6.07) is 19.1. The zero-order chi connectivity index (χ0) is 32.8. The zero-order valence-electron chi connectivity index (χ0n) is 26.3. The van der Waals surface area contributed by atoms with Crippen LogP contribution in [0.15, 0.2) is 60.7 Å². The Balaban J connectivity index is 1.48. The quantitative estimate of drug-likeness (QED) is 0.276. The lowest BCUT2D eigenvalue weighted by atomic mass is 9.96. The van der Waals surface area contributed by atoms with Crippen molar-refractivity contribution in [2.75, 3.05) is 13.7 Å². The Bertz CT molecular complexity index is 1310. The van der Waals surface area contributed by atoms with Gasteiger partial charge < -0.3 is 47.4 Å². The molecule has 13 nitrogen and oxygen atoms in total. The monoisotopic (exact) mass is 644 g/mol. The molecule has 5 rings (SSSR count). The summed E-state index contributed by atoms with van der Waals surface area (Å²) in [4.78, 5) is 36.4. The summed E-state index contributed by atoms with van der Waals surface area (Å²) in [5, 5.41) is 0. The molecule has 13 heteroatoms. The van der Waals surface area contributed by atoms with Crippen molar-refractivity contribution >= 4 is 17.9 Å². The third-order valence-electron chi connectivity index (χ3n) is 7.80. The van der Waals surface area contributed by atoms with Crippen LogP contribution < -0.4 is 0 Å². The topological polar surface area (TPSA) is 144 Å². The van der Waals surface area contributed by atoms with E-state index in [2.05, 4.69) is 0 Å². The van der Waals surface area contributed by atoms with E-state index in [1.54, 1.807) is 6.92 Å². The van der Waals surface area contributed by atoms with Crippen LogP contribution in [0.5, 0.6) is 0 Å². The number of esters is 3. The molecule has 250 valence electrons. The molecule has 2 aromatic carbocycles. The van der Waals surface area contributed by atoms with Gasteiger partial charge in [-0.2, -0.15) is 0 Å². The van der Waals surface area contributed by atoms with Crippen LogP contribution >= 0.6 is 0 Å². The largest absolute Gasteiger partial charge is 0.456 e. The van der Waals surface area contributed by atoms with E-state index in [0.29, 0.717) is 0 Å². The maximum Gasteiger partial charge on any atom is 0.303 e.